The van der Waals surface area contributed by atoms with Crippen molar-refractivity contribution in [2.24, 2.45) is 11.7 Å². The molecule has 0 radical (unpaired) electrons. The van der Waals surface area contributed by atoms with Crippen molar-refractivity contribution in [1.29, 1.82) is 0 Å². The number of hydrogen-bond acceptors (Lipinski definition) is 4. The molecule has 5 heteroatoms. The van der Waals surface area contributed by atoms with Crippen LogP contribution in [0.2, 0.25) is 0 Å². The fourth-order valence-electron chi connectivity index (χ4n) is 1.36. The van der Waals surface area contributed by atoms with E-state index in [-0.39, 0.29) is 11.8 Å². The first kappa shape index (κ1) is 11.6. The molecule has 1 aromatic heterocycles. The first-order valence-electron chi connectivity index (χ1n) is 4.87. The predicted octanol–water partition coefficient (Wildman–Crippen LogP) is -0.352. The largest absolute Gasteiger partial charge is 0.359 e. The number of nitrogens with one attached hydrogen (secondary N) is 1. The molecule has 1 atom stereocenters. The minimum absolute atomic E-state index is 0.0474. The van der Waals surface area contributed by atoms with Gasteiger partial charge >= 0.3 is 0 Å². The van der Waals surface area contributed by atoms with Crippen molar-refractivity contribution in [1.82, 2.24) is 15.3 Å². The summed E-state index contributed by atoms with van der Waals surface area (Å²) in [5.41, 5.74) is 6.38. The maximum absolute atomic E-state index is 11.4. The normalized spacial score (nSPS) is 12.2. The summed E-state index contributed by atoms with van der Waals surface area (Å²) in [5, 5.41) is 2.59. The molecule has 1 unspecified atom stereocenters. The molecule has 0 bridgehead atoms. The summed E-state index contributed by atoms with van der Waals surface area (Å²) in [4.78, 5) is 19.6. The topological polar surface area (TPSA) is 80.9 Å². The summed E-state index contributed by atoms with van der Waals surface area (Å²) in [5.74, 6) is 0.443. The van der Waals surface area contributed by atoms with Crippen molar-refractivity contribution in [3.63, 3.8) is 0 Å². The zero-order valence-electron chi connectivity index (χ0n) is 9.03. The third kappa shape index (κ3) is 3.28. The van der Waals surface area contributed by atoms with Gasteiger partial charge in [0.2, 0.25) is 5.91 Å². The maximum atomic E-state index is 11.4. The van der Waals surface area contributed by atoms with E-state index in [2.05, 4.69) is 15.3 Å². The molecule has 0 saturated carbocycles. The number of nitrogens with two attached hydrogens (primary N) is 1. The zero-order valence-corrected chi connectivity index (χ0v) is 9.03. The van der Waals surface area contributed by atoms with Crippen LogP contribution in [-0.2, 0) is 11.2 Å². The smallest absolute Gasteiger partial charge is 0.224 e. The molecule has 3 N–H and O–H groups in total. The quantitative estimate of drug-likeness (QED) is 0.708. The van der Waals surface area contributed by atoms with E-state index < -0.39 is 0 Å². The van der Waals surface area contributed by atoms with Crippen molar-refractivity contribution in [2.75, 3.05) is 13.6 Å². The highest BCUT2D eigenvalue weighted by molar-refractivity contribution is 5.78. The van der Waals surface area contributed by atoms with Gasteiger partial charge in [0.1, 0.15) is 5.82 Å². The van der Waals surface area contributed by atoms with Crippen molar-refractivity contribution in [2.45, 2.75) is 13.3 Å². The van der Waals surface area contributed by atoms with Gasteiger partial charge in [0.25, 0.3) is 0 Å². The highest BCUT2D eigenvalue weighted by Gasteiger charge is 2.16. The molecular weight excluding hydrogens is 192 g/mol. The molecule has 1 aromatic rings. The molecule has 15 heavy (non-hydrogen) atoms. The fraction of sp³-hybridized carbons (Fsp3) is 0.500. The number of carbonyl (C=O) groups is 1. The molecular formula is C10H16N4O. The van der Waals surface area contributed by atoms with Crippen molar-refractivity contribution >= 4 is 5.91 Å². The van der Waals surface area contributed by atoms with Crippen molar-refractivity contribution in [3.05, 3.63) is 23.8 Å². The van der Waals surface area contributed by atoms with E-state index >= 15 is 0 Å². The average Bonchev–Trinajstić information content (AvgIpc) is 2.25. The Morgan fingerprint density at radius 1 is 1.67 bits per heavy atom. The van der Waals surface area contributed by atoms with Crippen molar-refractivity contribution < 1.29 is 4.79 Å². The van der Waals surface area contributed by atoms with Gasteiger partial charge in [-0.1, -0.05) is 0 Å². The standard InChI is InChI=1S/C10H16N4O/c1-7-13-4-3-9(14-7)5-8(6-11)10(15)12-2/h3-4,8H,5-6,11H2,1-2H3,(H,12,15). The van der Waals surface area contributed by atoms with Crippen LogP contribution in [-0.4, -0.2) is 29.5 Å². The Bertz CT molecular complexity index is 340. The highest BCUT2D eigenvalue weighted by atomic mass is 16.1. The molecule has 0 saturated heterocycles. The number of amides is 1. The number of nitrogens with zero attached hydrogens (tertiary/aromatic N) is 2. The monoisotopic (exact) mass is 208 g/mol. The van der Waals surface area contributed by atoms with Crippen LogP contribution in [0.15, 0.2) is 12.3 Å². The molecule has 0 spiro atoms. The molecule has 0 aliphatic heterocycles. The maximum Gasteiger partial charge on any atom is 0.224 e. The number of aryl methyl sites for hydroxylation is 1. The Morgan fingerprint density at radius 2 is 2.40 bits per heavy atom. The second kappa shape index (κ2) is 5.41. The van der Waals surface area contributed by atoms with E-state index in [9.17, 15) is 4.79 Å². The lowest BCUT2D eigenvalue weighted by Crippen LogP contribution is -2.34. The van der Waals surface area contributed by atoms with E-state index in [0.717, 1.165) is 5.69 Å². The van der Waals surface area contributed by atoms with Crippen LogP contribution in [0.1, 0.15) is 11.5 Å². The van der Waals surface area contributed by atoms with Gasteiger partial charge in [0, 0.05) is 31.9 Å². The van der Waals surface area contributed by atoms with Gasteiger partial charge in [0.05, 0.1) is 5.92 Å². The summed E-state index contributed by atoms with van der Waals surface area (Å²) >= 11 is 0. The molecule has 1 heterocycles. The van der Waals surface area contributed by atoms with Crippen LogP contribution in [0, 0.1) is 12.8 Å². The number of aromatic nitrogens is 2. The van der Waals surface area contributed by atoms with Gasteiger partial charge in [-0.05, 0) is 13.0 Å². The number of hydrogen-bond donors (Lipinski definition) is 2. The third-order valence-electron chi connectivity index (χ3n) is 2.19. The minimum atomic E-state index is -0.218. The summed E-state index contributed by atoms with van der Waals surface area (Å²) < 4.78 is 0. The van der Waals surface area contributed by atoms with E-state index in [1.807, 2.05) is 6.92 Å². The molecule has 0 aliphatic carbocycles. The Kier molecular flexibility index (Phi) is 4.17. The SMILES string of the molecule is CNC(=O)C(CN)Cc1ccnc(C)n1. The molecule has 1 rings (SSSR count). The average molecular weight is 208 g/mol. The zero-order chi connectivity index (χ0) is 11.3. The summed E-state index contributed by atoms with van der Waals surface area (Å²) in [6, 6.07) is 1.80. The van der Waals surface area contributed by atoms with Gasteiger partial charge in [-0.2, -0.15) is 0 Å². The lowest BCUT2D eigenvalue weighted by atomic mass is 10.0. The van der Waals surface area contributed by atoms with Gasteiger partial charge in [-0.15, -0.1) is 0 Å². The fourth-order valence-corrected chi connectivity index (χ4v) is 1.36. The van der Waals surface area contributed by atoms with Gasteiger partial charge in [0.15, 0.2) is 0 Å². The Morgan fingerprint density at radius 3 is 2.93 bits per heavy atom. The lowest BCUT2D eigenvalue weighted by molar-refractivity contribution is -0.124. The summed E-state index contributed by atoms with van der Waals surface area (Å²) in [7, 11) is 1.61. The van der Waals surface area contributed by atoms with E-state index in [0.29, 0.717) is 18.8 Å². The number of rotatable bonds is 4. The van der Waals surface area contributed by atoms with Crippen LogP contribution >= 0.6 is 0 Å². The third-order valence-corrected chi connectivity index (χ3v) is 2.19. The van der Waals surface area contributed by atoms with E-state index in [1.165, 1.54) is 0 Å². The van der Waals surface area contributed by atoms with Gasteiger partial charge < -0.3 is 11.1 Å². The van der Waals surface area contributed by atoms with E-state index in [4.69, 9.17) is 5.73 Å². The highest BCUT2D eigenvalue weighted by Crippen LogP contribution is 2.05. The van der Waals surface area contributed by atoms with E-state index in [1.54, 1.807) is 19.3 Å². The first-order chi connectivity index (χ1) is 7.17. The Balaban J connectivity index is 2.70. The van der Waals surface area contributed by atoms with Crippen LogP contribution in [0.3, 0.4) is 0 Å². The second-order valence-electron chi connectivity index (χ2n) is 3.35. The first-order valence-corrected chi connectivity index (χ1v) is 4.87. The van der Waals surface area contributed by atoms with Gasteiger partial charge in [-0.25, -0.2) is 9.97 Å². The summed E-state index contributed by atoms with van der Waals surface area (Å²) in [6.45, 7) is 2.14. The molecule has 0 fully saturated rings. The molecule has 0 aromatic carbocycles. The Labute approximate surface area is 89.1 Å². The Hall–Kier alpha value is -1.49. The molecule has 1 amide bonds. The summed E-state index contributed by atoms with van der Waals surface area (Å²) in [6.07, 6.45) is 2.24. The molecule has 5 nitrogen and oxygen atoms in total. The van der Waals surface area contributed by atoms with Crippen LogP contribution in [0.5, 0.6) is 0 Å². The van der Waals surface area contributed by atoms with Crippen LogP contribution in [0.25, 0.3) is 0 Å². The minimum Gasteiger partial charge on any atom is -0.359 e. The van der Waals surface area contributed by atoms with Crippen molar-refractivity contribution in [3.8, 4) is 0 Å². The van der Waals surface area contributed by atoms with Crippen LogP contribution < -0.4 is 11.1 Å². The molecule has 0 aliphatic rings. The van der Waals surface area contributed by atoms with Crippen LogP contribution in [0.4, 0.5) is 0 Å². The van der Waals surface area contributed by atoms with Gasteiger partial charge in [-0.3, -0.25) is 4.79 Å². The molecule has 82 valence electrons. The lowest BCUT2D eigenvalue weighted by Gasteiger charge is -2.12. The predicted molar refractivity (Wildman–Crippen MR) is 57.1 cm³/mol. The second-order valence-corrected chi connectivity index (χ2v) is 3.35. The number of carbonyl (C=O) groups excluding carboxylic acids is 1.